The molecule has 3 rings (SSSR count). The molecule has 0 radical (unpaired) electrons. The van der Waals surface area contributed by atoms with Crippen molar-refractivity contribution >= 4 is 11.6 Å². The highest BCUT2D eigenvalue weighted by atomic mass is 16.5. The number of ether oxygens (including phenoxy) is 2. The summed E-state index contributed by atoms with van der Waals surface area (Å²) in [5.74, 6) is 1.10. The van der Waals surface area contributed by atoms with Crippen molar-refractivity contribution in [1.82, 2.24) is 19.6 Å². The van der Waals surface area contributed by atoms with Crippen LogP contribution in [0.2, 0.25) is 0 Å². The Morgan fingerprint density at radius 2 is 1.85 bits per heavy atom. The molecule has 1 atom stereocenters. The van der Waals surface area contributed by atoms with Crippen LogP contribution < -0.4 is 20.3 Å². The van der Waals surface area contributed by atoms with Crippen LogP contribution in [0.4, 0.5) is 5.69 Å². The zero-order chi connectivity index (χ0) is 19.4. The topological polar surface area (TPSA) is 100 Å². The van der Waals surface area contributed by atoms with Crippen molar-refractivity contribution in [3.8, 4) is 17.3 Å². The lowest BCUT2D eigenvalue weighted by Crippen LogP contribution is -2.33. The molecule has 0 aliphatic heterocycles. The van der Waals surface area contributed by atoms with Crippen LogP contribution in [0.1, 0.15) is 13.0 Å². The van der Waals surface area contributed by atoms with Crippen LogP contribution in [0.25, 0.3) is 5.82 Å². The number of carbonyl (C=O) groups is 1. The van der Waals surface area contributed by atoms with Gasteiger partial charge < -0.3 is 14.8 Å². The van der Waals surface area contributed by atoms with Gasteiger partial charge in [-0.3, -0.25) is 9.59 Å². The van der Waals surface area contributed by atoms with Crippen molar-refractivity contribution in [2.75, 3.05) is 19.5 Å². The van der Waals surface area contributed by atoms with Crippen LogP contribution >= 0.6 is 0 Å². The molecule has 0 aliphatic rings. The fraction of sp³-hybridized carbons (Fsp3) is 0.222. The van der Waals surface area contributed by atoms with E-state index in [0.29, 0.717) is 23.0 Å². The zero-order valence-electron chi connectivity index (χ0n) is 15.1. The third-order valence-electron chi connectivity index (χ3n) is 3.92. The molecular formula is C18H19N5O4. The van der Waals surface area contributed by atoms with Gasteiger partial charge in [-0.05, 0) is 19.1 Å². The third kappa shape index (κ3) is 3.97. The number of carbonyl (C=O) groups excluding carboxylic acids is 1. The van der Waals surface area contributed by atoms with E-state index in [1.54, 1.807) is 49.6 Å². The molecule has 3 aromatic rings. The van der Waals surface area contributed by atoms with Crippen molar-refractivity contribution in [2.24, 2.45) is 0 Å². The second kappa shape index (κ2) is 7.73. The van der Waals surface area contributed by atoms with Gasteiger partial charge >= 0.3 is 0 Å². The minimum Gasteiger partial charge on any atom is -0.497 e. The lowest BCUT2D eigenvalue weighted by atomic mass is 10.2. The van der Waals surface area contributed by atoms with E-state index in [2.05, 4.69) is 15.5 Å². The van der Waals surface area contributed by atoms with Crippen LogP contribution in [-0.2, 0) is 4.79 Å². The van der Waals surface area contributed by atoms with Crippen LogP contribution in [0.15, 0.2) is 53.6 Å². The standard InChI is InChI=1S/C18H19N5O4/c1-12(18(25)20-13-9-14(26-2)11-15(10-13)27-3)23-17(24)6-5-16(21-23)22-8-4-7-19-22/h4-12H,1-3H3,(H,20,25). The number of benzene rings is 1. The number of methoxy groups -OCH3 is 2. The molecule has 9 nitrogen and oxygen atoms in total. The quantitative estimate of drug-likeness (QED) is 0.709. The van der Waals surface area contributed by atoms with Gasteiger partial charge in [-0.1, -0.05) is 0 Å². The number of hydrogen-bond acceptors (Lipinski definition) is 6. The van der Waals surface area contributed by atoms with E-state index in [9.17, 15) is 9.59 Å². The first-order chi connectivity index (χ1) is 13.0. The van der Waals surface area contributed by atoms with E-state index in [1.807, 2.05) is 0 Å². The van der Waals surface area contributed by atoms with Crippen LogP contribution in [-0.4, -0.2) is 39.7 Å². The van der Waals surface area contributed by atoms with Crippen molar-refractivity contribution in [2.45, 2.75) is 13.0 Å². The predicted octanol–water partition coefficient (Wildman–Crippen LogP) is 1.65. The van der Waals surface area contributed by atoms with Gasteiger partial charge in [-0.25, -0.2) is 9.36 Å². The molecule has 0 spiro atoms. The molecule has 1 amide bonds. The summed E-state index contributed by atoms with van der Waals surface area (Å²) in [6.45, 7) is 1.59. The Labute approximate surface area is 155 Å². The summed E-state index contributed by atoms with van der Waals surface area (Å²) < 4.78 is 13.0. The summed E-state index contributed by atoms with van der Waals surface area (Å²) in [4.78, 5) is 24.8. The SMILES string of the molecule is COc1cc(NC(=O)C(C)n2nc(-n3cccn3)ccc2=O)cc(OC)c1. The maximum Gasteiger partial charge on any atom is 0.267 e. The van der Waals surface area contributed by atoms with E-state index >= 15 is 0 Å². The van der Waals surface area contributed by atoms with Crippen molar-refractivity contribution in [3.05, 3.63) is 59.1 Å². The Hall–Kier alpha value is -3.62. The number of aromatic nitrogens is 4. The Morgan fingerprint density at radius 3 is 2.44 bits per heavy atom. The summed E-state index contributed by atoms with van der Waals surface area (Å²) in [6, 6.07) is 8.80. The van der Waals surface area contributed by atoms with Crippen molar-refractivity contribution in [1.29, 1.82) is 0 Å². The highest BCUT2D eigenvalue weighted by molar-refractivity contribution is 5.93. The van der Waals surface area contributed by atoms with E-state index in [1.165, 1.54) is 25.0 Å². The molecule has 9 heteroatoms. The van der Waals surface area contributed by atoms with Crippen LogP contribution in [0.3, 0.4) is 0 Å². The minimum absolute atomic E-state index is 0.392. The molecule has 0 saturated carbocycles. The van der Waals surface area contributed by atoms with Crippen molar-refractivity contribution < 1.29 is 14.3 Å². The number of amides is 1. The van der Waals surface area contributed by atoms with Gasteiger partial charge in [0.05, 0.1) is 14.2 Å². The maximum atomic E-state index is 12.6. The van der Waals surface area contributed by atoms with E-state index < -0.39 is 17.5 Å². The number of hydrogen-bond donors (Lipinski definition) is 1. The van der Waals surface area contributed by atoms with E-state index in [4.69, 9.17) is 9.47 Å². The summed E-state index contributed by atoms with van der Waals surface area (Å²) in [7, 11) is 3.04. The second-order valence-corrected chi connectivity index (χ2v) is 5.69. The smallest absolute Gasteiger partial charge is 0.267 e. The van der Waals surface area contributed by atoms with Crippen LogP contribution in [0, 0.1) is 0 Å². The second-order valence-electron chi connectivity index (χ2n) is 5.69. The Bertz CT molecular complexity index is 975. The van der Waals surface area contributed by atoms with Crippen molar-refractivity contribution in [3.63, 3.8) is 0 Å². The highest BCUT2D eigenvalue weighted by Crippen LogP contribution is 2.26. The van der Waals surface area contributed by atoms with Gasteiger partial charge in [0, 0.05) is 42.3 Å². The normalized spacial score (nSPS) is 11.7. The van der Waals surface area contributed by atoms with E-state index in [0.717, 1.165) is 4.68 Å². The Kier molecular flexibility index (Phi) is 5.20. The summed E-state index contributed by atoms with van der Waals surface area (Å²) >= 11 is 0. The molecule has 1 unspecified atom stereocenters. The van der Waals surface area contributed by atoms with Gasteiger partial charge in [0.25, 0.3) is 5.56 Å². The number of nitrogens with zero attached hydrogens (tertiary/aromatic N) is 4. The molecule has 0 fully saturated rings. The lowest BCUT2D eigenvalue weighted by Gasteiger charge is -2.16. The predicted molar refractivity (Wildman–Crippen MR) is 98.5 cm³/mol. The first-order valence-corrected chi connectivity index (χ1v) is 8.15. The summed E-state index contributed by atoms with van der Waals surface area (Å²) in [6.07, 6.45) is 3.30. The Morgan fingerprint density at radius 1 is 1.15 bits per heavy atom. The average Bonchev–Trinajstić information content (AvgIpc) is 3.22. The minimum atomic E-state index is -0.842. The zero-order valence-corrected chi connectivity index (χ0v) is 15.1. The molecule has 2 heterocycles. The Balaban J connectivity index is 1.86. The van der Waals surface area contributed by atoms with E-state index in [-0.39, 0.29) is 0 Å². The number of anilines is 1. The first kappa shape index (κ1) is 18.2. The van der Waals surface area contributed by atoms with Gasteiger partial charge in [-0.2, -0.15) is 5.10 Å². The third-order valence-corrected chi connectivity index (χ3v) is 3.92. The molecule has 0 bridgehead atoms. The molecule has 140 valence electrons. The monoisotopic (exact) mass is 369 g/mol. The lowest BCUT2D eigenvalue weighted by molar-refractivity contribution is -0.119. The fourth-order valence-electron chi connectivity index (χ4n) is 2.46. The highest BCUT2D eigenvalue weighted by Gasteiger charge is 2.19. The molecule has 0 aliphatic carbocycles. The fourth-order valence-corrected chi connectivity index (χ4v) is 2.46. The number of nitrogens with one attached hydrogen (secondary N) is 1. The molecule has 0 saturated heterocycles. The molecular weight excluding hydrogens is 350 g/mol. The average molecular weight is 369 g/mol. The van der Waals surface area contributed by atoms with Gasteiger partial charge in [0.1, 0.15) is 17.5 Å². The summed E-state index contributed by atoms with van der Waals surface area (Å²) in [5, 5.41) is 11.1. The van der Waals surface area contributed by atoms with Gasteiger partial charge in [0.2, 0.25) is 5.91 Å². The molecule has 1 aromatic carbocycles. The van der Waals surface area contributed by atoms with Gasteiger partial charge in [0.15, 0.2) is 5.82 Å². The molecule has 1 N–H and O–H groups in total. The molecule has 27 heavy (non-hydrogen) atoms. The number of rotatable bonds is 6. The molecule has 2 aromatic heterocycles. The summed E-state index contributed by atoms with van der Waals surface area (Å²) in [5.41, 5.74) is 0.0936. The maximum absolute atomic E-state index is 12.6. The van der Waals surface area contributed by atoms with Gasteiger partial charge in [-0.15, -0.1) is 5.10 Å². The first-order valence-electron chi connectivity index (χ1n) is 8.15. The van der Waals surface area contributed by atoms with Crippen LogP contribution in [0.5, 0.6) is 11.5 Å². The largest absolute Gasteiger partial charge is 0.497 e.